The molecule has 23 heavy (non-hydrogen) atoms. The summed E-state index contributed by atoms with van der Waals surface area (Å²) < 4.78 is 0.855. The summed E-state index contributed by atoms with van der Waals surface area (Å²) in [5.41, 5.74) is 1.98. The van der Waals surface area contributed by atoms with Crippen molar-refractivity contribution in [1.82, 2.24) is 9.80 Å². The number of hydrogen-bond acceptors (Lipinski definition) is 2. The van der Waals surface area contributed by atoms with E-state index in [1.54, 1.807) is 0 Å². The predicted molar refractivity (Wildman–Crippen MR) is 96.8 cm³/mol. The Morgan fingerprint density at radius 3 is 2.30 bits per heavy atom. The Kier molecular flexibility index (Phi) is 5.36. The van der Waals surface area contributed by atoms with Crippen molar-refractivity contribution < 1.29 is 4.79 Å². The average Bonchev–Trinajstić information content (AvgIpc) is 2.57. The Bertz CT molecular complexity index is 682. The highest BCUT2D eigenvalue weighted by Gasteiger charge is 2.23. The lowest BCUT2D eigenvalue weighted by Crippen LogP contribution is -2.48. The number of benzene rings is 2. The van der Waals surface area contributed by atoms with Crippen LogP contribution < -0.4 is 0 Å². The fraction of sp³-hybridized carbons (Fsp3) is 0.278. The zero-order valence-corrected chi connectivity index (χ0v) is 15.1. The third kappa shape index (κ3) is 4.14. The molecule has 1 aliphatic heterocycles. The molecule has 0 radical (unpaired) electrons. The zero-order chi connectivity index (χ0) is 16.2. The number of amides is 1. The molecule has 0 spiro atoms. The largest absolute Gasteiger partial charge is 0.336 e. The summed E-state index contributed by atoms with van der Waals surface area (Å²) in [5, 5.41) is 0.762. The Labute approximate surface area is 150 Å². The molecule has 0 aliphatic carbocycles. The average molecular weight is 394 g/mol. The number of carbonyl (C=O) groups excluding carboxylic acids is 1. The van der Waals surface area contributed by atoms with Gasteiger partial charge in [0.05, 0.1) is 5.56 Å². The predicted octanol–water partition coefficient (Wildman–Crippen LogP) is 4.06. The van der Waals surface area contributed by atoms with Gasteiger partial charge in [-0.2, -0.15) is 0 Å². The van der Waals surface area contributed by atoms with Crippen LogP contribution in [0.2, 0.25) is 5.02 Å². The molecule has 0 bridgehead atoms. The second-order valence-electron chi connectivity index (χ2n) is 5.67. The lowest BCUT2D eigenvalue weighted by Gasteiger charge is -2.35. The maximum Gasteiger partial charge on any atom is 0.255 e. The van der Waals surface area contributed by atoms with Crippen molar-refractivity contribution in [3.63, 3.8) is 0 Å². The summed E-state index contributed by atoms with van der Waals surface area (Å²) in [5.74, 6) is 0.101. The van der Waals surface area contributed by atoms with E-state index in [1.807, 2.05) is 41.3 Å². The number of nitrogens with zero attached hydrogens (tertiary/aromatic N) is 2. The van der Waals surface area contributed by atoms with E-state index in [9.17, 15) is 4.79 Å². The van der Waals surface area contributed by atoms with Crippen LogP contribution in [-0.2, 0) is 6.54 Å². The Morgan fingerprint density at radius 2 is 1.65 bits per heavy atom. The topological polar surface area (TPSA) is 23.6 Å². The summed E-state index contributed by atoms with van der Waals surface area (Å²) in [6.07, 6.45) is 0. The molecule has 1 fully saturated rings. The summed E-state index contributed by atoms with van der Waals surface area (Å²) in [4.78, 5) is 16.9. The highest BCUT2D eigenvalue weighted by atomic mass is 79.9. The van der Waals surface area contributed by atoms with Gasteiger partial charge in [0.25, 0.3) is 5.91 Å². The lowest BCUT2D eigenvalue weighted by atomic mass is 10.1. The van der Waals surface area contributed by atoms with Crippen LogP contribution in [0, 0.1) is 0 Å². The lowest BCUT2D eigenvalue weighted by molar-refractivity contribution is 0.0627. The fourth-order valence-electron chi connectivity index (χ4n) is 2.76. The van der Waals surface area contributed by atoms with Gasteiger partial charge in [-0.1, -0.05) is 35.9 Å². The molecule has 120 valence electrons. The number of carbonyl (C=O) groups is 1. The highest BCUT2D eigenvalue weighted by Crippen LogP contribution is 2.19. The van der Waals surface area contributed by atoms with Gasteiger partial charge in [-0.25, -0.2) is 0 Å². The monoisotopic (exact) mass is 392 g/mol. The van der Waals surface area contributed by atoms with Crippen LogP contribution >= 0.6 is 27.5 Å². The minimum atomic E-state index is 0.101. The fourth-order valence-corrected chi connectivity index (χ4v) is 3.34. The van der Waals surface area contributed by atoms with Crippen LogP contribution in [0.25, 0.3) is 0 Å². The molecular weight excluding hydrogens is 376 g/mol. The van der Waals surface area contributed by atoms with E-state index < -0.39 is 0 Å². The number of hydrogen-bond donors (Lipinski definition) is 0. The molecule has 0 aromatic heterocycles. The minimum Gasteiger partial charge on any atom is -0.336 e. The quantitative estimate of drug-likeness (QED) is 0.785. The molecule has 3 rings (SSSR count). The molecule has 5 heteroatoms. The summed E-state index contributed by atoms with van der Waals surface area (Å²) in [7, 11) is 0. The smallest absolute Gasteiger partial charge is 0.255 e. The first-order valence-corrected chi connectivity index (χ1v) is 8.81. The highest BCUT2D eigenvalue weighted by molar-refractivity contribution is 9.10. The van der Waals surface area contributed by atoms with E-state index in [0.717, 1.165) is 47.8 Å². The van der Waals surface area contributed by atoms with Crippen molar-refractivity contribution >= 4 is 33.4 Å². The van der Waals surface area contributed by atoms with Crippen molar-refractivity contribution in [3.8, 4) is 0 Å². The van der Waals surface area contributed by atoms with Gasteiger partial charge in [0.15, 0.2) is 0 Å². The summed E-state index contributed by atoms with van der Waals surface area (Å²) in [6.45, 7) is 4.19. The third-order valence-corrected chi connectivity index (χ3v) is 5.03. The normalized spacial score (nSPS) is 15.7. The van der Waals surface area contributed by atoms with Crippen molar-refractivity contribution in [3.05, 3.63) is 69.2 Å². The Hall–Kier alpha value is -1.36. The third-order valence-electron chi connectivity index (χ3n) is 4.08. The van der Waals surface area contributed by atoms with Gasteiger partial charge in [-0.05, 0) is 45.8 Å². The molecule has 1 saturated heterocycles. The van der Waals surface area contributed by atoms with Gasteiger partial charge in [0.2, 0.25) is 0 Å². The van der Waals surface area contributed by atoms with Gasteiger partial charge in [-0.3, -0.25) is 9.69 Å². The van der Waals surface area contributed by atoms with Crippen LogP contribution in [-0.4, -0.2) is 41.9 Å². The molecule has 1 heterocycles. The van der Waals surface area contributed by atoms with Crippen molar-refractivity contribution in [2.45, 2.75) is 6.54 Å². The van der Waals surface area contributed by atoms with Crippen LogP contribution in [0.15, 0.2) is 53.0 Å². The van der Waals surface area contributed by atoms with Crippen LogP contribution in [0.3, 0.4) is 0 Å². The van der Waals surface area contributed by atoms with Crippen molar-refractivity contribution in [2.24, 2.45) is 0 Å². The van der Waals surface area contributed by atoms with E-state index in [2.05, 4.69) is 33.0 Å². The van der Waals surface area contributed by atoms with Gasteiger partial charge >= 0.3 is 0 Å². The summed E-state index contributed by atoms with van der Waals surface area (Å²) in [6, 6.07) is 15.5. The van der Waals surface area contributed by atoms with E-state index in [0.29, 0.717) is 0 Å². The maximum atomic E-state index is 12.6. The van der Waals surface area contributed by atoms with E-state index in [-0.39, 0.29) is 5.91 Å². The Balaban J connectivity index is 1.57. The van der Waals surface area contributed by atoms with Gasteiger partial charge < -0.3 is 4.90 Å². The summed E-state index contributed by atoms with van der Waals surface area (Å²) >= 11 is 9.37. The zero-order valence-electron chi connectivity index (χ0n) is 12.7. The van der Waals surface area contributed by atoms with E-state index in [4.69, 9.17) is 11.6 Å². The van der Waals surface area contributed by atoms with Gasteiger partial charge in [-0.15, -0.1) is 0 Å². The standard InChI is InChI=1S/C18H18BrClN2O/c19-17-4-2-1-3-16(17)18(23)22-11-9-21(10-12-22)13-14-5-7-15(20)8-6-14/h1-8H,9-13H2. The van der Waals surface area contributed by atoms with Crippen LogP contribution in [0.4, 0.5) is 0 Å². The molecule has 0 atom stereocenters. The molecule has 1 aliphatic rings. The maximum absolute atomic E-state index is 12.6. The second kappa shape index (κ2) is 7.47. The van der Waals surface area contributed by atoms with Crippen LogP contribution in [0.5, 0.6) is 0 Å². The number of rotatable bonds is 3. The van der Waals surface area contributed by atoms with Crippen LogP contribution in [0.1, 0.15) is 15.9 Å². The van der Waals surface area contributed by atoms with E-state index in [1.165, 1.54) is 5.56 Å². The first-order valence-electron chi connectivity index (χ1n) is 7.64. The second-order valence-corrected chi connectivity index (χ2v) is 6.97. The van der Waals surface area contributed by atoms with Crippen molar-refractivity contribution in [2.75, 3.05) is 26.2 Å². The number of piperazine rings is 1. The van der Waals surface area contributed by atoms with E-state index >= 15 is 0 Å². The molecule has 2 aromatic carbocycles. The molecule has 0 saturated carbocycles. The molecule has 3 nitrogen and oxygen atoms in total. The SMILES string of the molecule is O=C(c1ccccc1Br)N1CCN(Cc2ccc(Cl)cc2)CC1. The Morgan fingerprint density at radius 1 is 1.00 bits per heavy atom. The molecule has 1 amide bonds. The first kappa shape index (κ1) is 16.5. The number of halogens is 2. The molecule has 2 aromatic rings. The first-order chi connectivity index (χ1) is 11.1. The van der Waals surface area contributed by atoms with Crippen molar-refractivity contribution in [1.29, 1.82) is 0 Å². The molecule has 0 unspecified atom stereocenters. The van der Waals surface area contributed by atoms with Gasteiger partial charge in [0, 0.05) is 42.2 Å². The van der Waals surface area contributed by atoms with Gasteiger partial charge in [0.1, 0.15) is 0 Å². The minimum absolute atomic E-state index is 0.101. The molecule has 0 N–H and O–H groups in total. The molecular formula is C18H18BrClN2O.